The van der Waals surface area contributed by atoms with E-state index in [9.17, 15) is 19.2 Å². The van der Waals surface area contributed by atoms with Crippen LogP contribution in [-0.4, -0.2) is 34.9 Å². The summed E-state index contributed by atoms with van der Waals surface area (Å²) in [6, 6.07) is 17.7. The number of hydrogen-bond acceptors (Lipinski definition) is 6. The minimum absolute atomic E-state index is 0.0824. The number of ether oxygens (including phenoxy) is 2. The van der Waals surface area contributed by atoms with Crippen LogP contribution in [0.1, 0.15) is 43.0 Å². The van der Waals surface area contributed by atoms with Crippen molar-refractivity contribution in [2.45, 2.75) is 13.1 Å². The molecular formula is C28H22N2O6. The molecule has 0 aliphatic carbocycles. The number of aromatic nitrogens is 2. The first kappa shape index (κ1) is 23.0. The first-order valence-electron chi connectivity index (χ1n) is 11.2. The first-order valence-corrected chi connectivity index (χ1v) is 11.2. The average Bonchev–Trinajstić information content (AvgIpc) is 2.91. The molecular weight excluding hydrogens is 460 g/mol. The highest BCUT2D eigenvalue weighted by Gasteiger charge is 2.19. The van der Waals surface area contributed by atoms with Gasteiger partial charge >= 0.3 is 5.69 Å². The Labute approximate surface area is 206 Å². The molecule has 3 aromatic carbocycles. The Kier molecular flexibility index (Phi) is 5.85. The van der Waals surface area contributed by atoms with Gasteiger partial charge in [-0.15, -0.1) is 0 Å². The maximum absolute atomic E-state index is 13.3. The lowest BCUT2D eigenvalue weighted by molar-refractivity contribution is 0.103. The smallest absolute Gasteiger partial charge is 0.331 e. The Bertz CT molecular complexity index is 1650. The third-order valence-corrected chi connectivity index (χ3v) is 6.28. The molecule has 0 saturated carbocycles. The van der Waals surface area contributed by atoms with Crippen LogP contribution in [0.15, 0.2) is 82.5 Å². The highest BCUT2D eigenvalue weighted by atomic mass is 16.5. The van der Waals surface area contributed by atoms with E-state index in [1.54, 1.807) is 60.7 Å². The molecule has 2 heterocycles. The summed E-state index contributed by atoms with van der Waals surface area (Å²) >= 11 is 0. The Morgan fingerprint density at radius 2 is 1.17 bits per heavy atom. The molecule has 1 aliphatic heterocycles. The second-order valence-electron chi connectivity index (χ2n) is 8.44. The van der Waals surface area contributed by atoms with Crippen LogP contribution in [0.4, 0.5) is 0 Å². The van der Waals surface area contributed by atoms with E-state index < -0.39 is 11.2 Å². The first-order chi connectivity index (χ1) is 17.4. The molecule has 4 aromatic rings. The molecule has 1 aliphatic rings. The Morgan fingerprint density at radius 3 is 1.72 bits per heavy atom. The molecule has 0 saturated heterocycles. The number of ketones is 2. The molecule has 0 amide bonds. The summed E-state index contributed by atoms with van der Waals surface area (Å²) in [6.07, 6.45) is 1.42. The molecule has 0 N–H and O–H groups in total. The Hall–Kier alpha value is -4.72. The van der Waals surface area contributed by atoms with Crippen molar-refractivity contribution in [3.8, 4) is 11.5 Å². The number of fused-ring (bicyclic) bond motifs is 8. The van der Waals surface area contributed by atoms with Gasteiger partial charge in [-0.25, -0.2) is 4.79 Å². The zero-order valence-electron chi connectivity index (χ0n) is 19.7. The van der Waals surface area contributed by atoms with Gasteiger partial charge in [-0.3, -0.25) is 23.5 Å². The van der Waals surface area contributed by atoms with E-state index in [-0.39, 0.29) is 24.7 Å². The number of hydrogen-bond donors (Lipinski definition) is 0. The van der Waals surface area contributed by atoms with E-state index in [0.717, 1.165) is 4.57 Å². The second kappa shape index (κ2) is 9.14. The molecule has 0 atom stereocenters. The SMILES string of the molecule is COc1ccc2cc1Cn1ccc(=O)n(c1=O)Cc1cc(ccc1OC)C(=O)c1cccc(c1)C2=O. The molecule has 5 rings (SSSR count). The number of carbonyl (C=O) groups is 2. The van der Waals surface area contributed by atoms with Crippen molar-refractivity contribution in [2.75, 3.05) is 14.2 Å². The molecule has 1 aromatic heterocycles. The molecule has 0 fully saturated rings. The number of nitrogens with zero attached hydrogens (tertiary/aromatic N) is 2. The molecule has 8 bridgehead atoms. The minimum atomic E-state index is -0.544. The lowest BCUT2D eigenvalue weighted by Crippen LogP contribution is -2.39. The van der Waals surface area contributed by atoms with Crippen LogP contribution in [0.25, 0.3) is 0 Å². The van der Waals surface area contributed by atoms with Gasteiger partial charge in [0.1, 0.15) is 11.5 Å². The molecule has 0 spiro atoms. The van der Waals surface area contributed by atoms with Gasteiger partial charge in [-0.2, -0.15) is 0 Å². The fourth-order valence-electron chi connectivity index (χ4n) is 4.40. The zero-order chi connectivity index (χ0) is 25.4. The molecule has 0 unspecified atom stereocenters. The third kappa shape index (κ3) is 4.02. The zero-order valence-corrected chi connectivity index (χ0v) is 19.7. The number of benzene rings is 3. The van der Waals surface area contributed by atoms with E-state index in [0.29, 0.717) is 44.9 Å². The largest absolute Gasteiger partial charge is 0.496 e. The van der Waals surface area contributed by atoms with Crippen LogP contribution in [0.3, 0.4) is 0 Å². The van der Waals surface area contributed by atoms with E-state index in [4.69, 9.17) is 9.47 Å². The van der Waals surface area contributed by atoms with Crippen molar-refractivity contribution in [3.05, 3.63) is 127 Å². The van der Waals surface area contributed by atoms with Gasteiger partial charge in [0.05, 0.1) is 27.3 Å². The summed E-state index contributed by atoms with van der Waals surface area (Å²) in [5, 5.41) is 0. The maximum atomic E-state index is 13.3. The molecule has 36 heavy (non-hydrogen) atoms. The Balaban J connectivity index is 1.78. The fourth-order valence-corrected chi connectivity index (χ4v) is 4.40. The van der Waals surface area contributed by atoms with E-state index in [1.165, 1.54) is 31.0 Å². The fraction of sp³-hybridized carbons (Fsp3) is 0.143. The lowest BCUT2D eigenvalue weighted by Gasteiger charge is -2.16. The normalized spacial score (nSPS) is 12.8. The van der Waals surface area contributed by atoms with Crippen LogP contribution >= 0.6 is 0 Å². The van der Waals surface area contributed by atoms with E-state index in [2.05, 4.69) is 0 Å². The number of carbonyl (C=O) groups excluding carboxylic acids is 2. The molecule has 0 radical (unpaired) electrons. The summed E-state index contributed by atoms with van der Waals surface area (Å²) in [5.41, 5.74) is 1.50. The predicted molar refractivity (Wildman–Crippen MR) is 132 cm³/mol. The van der Waals surface area contributed by atoms with Gasteiger partial charge in [0.25, 0.3) is 5.56 Å². The summed E-state index contributed by atoms with van der Waals surface area (Å²) in [6.45, 7) is -0.00237. The monoisotopic (exact) mass is 482 g/mol. The van der Waals surface area contributed by atoms with Gasteiger partial charge < -0.3 is 9.47 Å². The molecule has 8 heteroatoms. The van der Waals surface area contributed by atoms with Crippen molar-refractivity contribution < 1.29 is 19.1 Å². The van der Waals surface area contributed by atoms with Crippen LogP contribution in [-0.2, 0) is 13.1 Å². The topological polar surface area (TPSA) is 96.6 Å². The number of rotatable bonds is 2. The van der Waals surface area contributed by atoms with Gasteiger partial charge in [-0.1, -0.05) is 18.2 Å². The minimum Gasteiger partial charge on any atom is -0.496 e. The summed E-state index contributed by atoms with van der Waals surface area (Å²) in [4.78, 5) is 52.7. The van der Waals surface area contributed by atoms with Crippen molar-refractivity contribution in [2.24, 2.45) is 0 Å². The van der Waals surface area contributed by atoms with Crippen molar-refractivity contribution in [1.82, 2.24) is 9.13 Å². The lowest BCUT2D eigenvalue weighted by atomic mass is 9.95. The van der Waals surface area contributed by atoms with Crippen LogP contribution in [0.5, 0.6) is 11.5 Å². The standard InChI is InChI=1S/C28H22N2O6/c1-35-23-8-6-19-13-21(23)15-29-11-10-25(31)30(28(29)34)16-22-14-20(7-9-24(22)36-2)27(33)18-5-3-4-17(12-18)26(19)32/h3-14H,15-16H2,1-2H3. The van der Waals surface area contributed by atoms with Gasteiger partial charge in [0.2, 0.25) is 0 Å². The van der Waals surface area contributed by atoms with E-state index >= 15 is 0 Å². The third-order valence-electron chi connectivity index (χ3n) is 6.28. The number of methoxy groups -OCH3 is 2. The van der Waals surface area contributed by atoms with Gasteiger partial charge in [0.15, 0.2) is 11.6 Å². The van der Waals surface area contributed by atoms with Crippen LogP contribution < -0.4 is 20.7 Å². The predicted octanol–water partition coefficient (Wildman–Crippen LogP) is 2.90. The second-order valence-corrected chi connectivity index (χ2v) is 8.44. The summed E-state index contributed by atoms with van der Waals surface area (Å²) < 4.78 is 13.4. The molecule has 180 valence electrons. The summed E-state index contributed by atoms with van der Waals surface area (Å²) in [7, 11) is 2.98. The van der Waals surface area contributed by atoms with Crippen molar-refractivity contribution in [1.29, 1.82) is 0 Å². The van der Waals surface area contributed by atoms with Gasteiger partial charge in [0, 0.05) is 45.6 Å². The highest BCUT2D eigenvalue weighted by Crippen LogP contribution is 2.25. The quantitative estimate of drug-likeness (QED) is 0.384. The highest BCUT2D eigenvalue weighted by molar-refractivity contribution is 6.13. The molecule has 8 nitrogen and oxygen atoms in total. The summed E-state index contributed by atoms with van der Waals surface area (Å²) in [5.74, 6) is 0.366. The Morgan fingerprint density at radius 1 is 0.639 bits per heavy atom. The maximum Gasteiger partial charge on any atom is 0.331 e. The van der Waals surface area contributed by atoms with Crippen molar-refractivity contribution in [3.63, 3.8) is 0 Å². The van der Waals surface area contributed by atoms with Crippen LogP contribution in [0, 0.1) is 0 Å². The average molecular weight is 482 g/mol. The van der Waals surface area contributed by atoms with Crippen LogP contribution in [0.2, 0.25) is 0 Å². The van der Waals surface area contributed by atoms with Crippen molar-refractivity contribution >= 4 is 11.6 Å². The van der Waals surface area contributed by atoms with E-state index in [1.807, 2.05) is 0 Å². The van der Waals surface area contributed by atoms with Gasteiger partial charge in [-0.05, 0) is 42.5 Å².